The Labute approximate surface area is 127 Å². The highest BCUT2D eigenvalue weighted by molar-refractivity contribution is 5.81. The van der Waals surface area contributed by atoms with Crippen molar-refractivity contribution in [2.24, 2.45) is 0 Å². The first-order chi connectivity index (χ1) is 10.4. The van der Waals surface area contributed by atoms with Crippen LogP contribution in [0.5, 0.6) is 0 Å². The number of likely N-dealkylation sites (tertiary alicyclic amines) is 1. The largest absolute Gasteiger partial charge is 0.416 e. The molecule has 1 aliphatic heterocycles. The van der Waals surface area contributed by atoms with Crippen LogP contribution in [0.3, 0.4) is 0 Å². The molecular weight excluding hydrogens is 293 g/mol. The molecule has 1 aliphatic rings. The van der Waals surface area contributed by atoms with Gasteiger partial charge in [0.2, 0.25) is 5.91 Å². The molecule has 0 unspecified atom stereocenters. The molecule has 1 amide bonds. The van der Waals surface area contributed by atoms with E-state index in [4.69, 9.17) is 0 Å². The van der Waals surface area contributed by atoms with Crippen molar-refractivity contribution in [1.82, 2.24) is 10.2 Å². The lowest BCUT2D eigenvalue weighted by Crippen LogP contribution is -2.41. The van der Waals surface area contributed by atoms with Gasteiger partial charge in [-0.25, -0.2) is 0 Å². The van der Waals surface area contributed by atoms with Gasteiger partial charge in [0, 0.05) is 12.6 Å². The lowest BCUT2D eigenvalue weighted by molar-refractivity contribution is -0.137. The molecule has 6 heteroatoms. The van der Waals surface area contributed by atoms with Crippen LogP contribution in [0.15, 0.2) is 24.3 Å². The predicted octanol–water partition coefficient (Wildman–Crippen LogP) is 2.27. The minimum absolute atomic E-state index is 0.0196. The summed E-state index contributed by atoms with van der Waals surface area (Å²) in [6, 6.07) is 4.60. The van der Waals surface area contributed by atoms with Gasteiger partial charge in [0.15, 0.2) is 0 Å². The van der Waals surface area contributed by atoms with Crippen molar-refractivity contribution < 1.29 is 18.0 Å². The van der Waals surface area contributed by atoms with Crippen LogP contribution < -0.4 is 5.32 Å². The molecule has 118 valence electrons. The predicted molar refractivity (Wildman–Crippen MR) is 77.0 cm³/mol. The van der Waals surface area contributed by atoms with Crippen LogP contribution >= 0.6 is 0 Å². The summed E-state index contributed by atoms with van der Waals surface area (Å²) in [5.74, 6) is 5.74. The van der Waals surface area contributed by atoms with Gasteiger partial charge in [-0.05, 0) is 43.7 Å². The first-order valence-corrected chi connectivity index (χ1v) is 7.03. The SMILES string of the molecule is CNC(=O)[C@@H]1CCCN1CC#Cc1ccc(C(F)(F)F)cc1. The fourth-order valence-corrected chi connectivity index (χ4v) is 2.46. The fraction of sp³-hybridized carbons (Fsp3) is 0.438. The van der Waals surface area contributed by atoms with E-state index in [9.17, 15) is 18.0 Å². The first kappa shape index (κ1) is 16.4. The third-order valence-corrected chi connectivity index (χ3v) is 3.64. The van der Waals surface area contributed by atoms with Crippen LogP contribution in [0.25, 0.3) is 0 Å². The monoisotopic (exact) mass is 310 g/mol. The van der Waals surface area contributed by atoms with E-state index < -0.39 is 11.7 Å². The van der Waals surface area contributed by atoms with E-state index in [1.165, 1.54) is 12.1 Å². The normalized spacial score (nSPS) is 18.6. The highest BCUT2D eigenvalue weighted by Gasteiger charge is 2.30. The summed E-state index contributed by atoms with van der Waals surface area (Å²) in [5.41, 5.74) is -0.152. The van der Waals surface area contributed by atoms with Crippen molar-refractivity contribution in [1.29, 1.82) is 0 Å². The number of amides is 1. The Hall–Kier alpha value is -2.00. The maximum absolute atomic E-state index is 12.4. The zero-order valence-electron chi connectivity index (χ0n) is 12.2. The van der Waals surface area contributed by atoms with Crippen LogP contribution in [0.4, 0.5) is 13.2 Å². The van der Waals surface area contributed by atoms with Gasteiger partial charge in [0.1, 0.15) is 0 Å². The first-order valence-electron chi connectivity index (χ1n) is 7.03. The third-order valence-electron chi connectivity index (χ3n) is 3.64. The highest BCUT2D eigenvalue weighted by Crippen LogP contribution is 2.28. The van der Waals surface area contributed by atoms with E-state index in [2.05, 4.69) is 17.2 Å². The number of nitrogens with one attached hydrogen (secondary N) is 1. The number of benzene rings is 1. The smallest absolute Gasteiger partial charge is 0.358 e. The van der Waals surface area contributed by atoms with Gasteiger partial charge in [0.05, 0.1) is 18.2 Å². The molecule has 0 spiro atoms. The maximum Gasteiger partial charge on any atom is 0.416 e. The van der Waals surface area contributed by atoms with E-state index in [0.717, 1.165) is 31.5 Å². The van der Waals surface area contributed by atoms with Gasteiger partial charge in [-0.3, -0.25) is 9.69 Å². The summed E-state index contributed by atoms with van der Waals surface area (Å²) in [6.45, 7) is 1.24. The average molecular weight is 310 g/mol. The number of carbonyl (C=O) groups excluding carboxylic acids is 1. The molecule has 1 N–H and O–H groups in total. The Morgan fingerprint density at radius 2 is 2.05 bits per heavy atom. The molecule has 0 bridgehead atoms. The van der Waals surface area contributed by atoms with Crippen LogP contribution in [0.2, 0.25) is 0 Å². The van der Waals surface area contributed by atoms with E-state index in [0.29, 0.717) is 12.1 Å². The average Bonchev–Trinajstić information content (AvgIpc) is 2.94. The Balaban J connectivity index is 1.98. The summed E-state index contributed by atoms with van der Waals surface area (Å²) in [4.78, 5) is 13.7. The van der Waals surface area contributed by atoms with Crippen LogP contribution in [0.1, 0.15) is 24.0 Å². The lowest BCUT2D eigenvalue weighted by atomic mass is 10.1. The summed E-state index contributed by atoms with van der Waals surface area (Å²) in [6.07, 6.45) is -2.58. The number of carbonyl (C=O) groups is 1. The minimum Gasteiger partial charge on any atom is -0.358 e. The molecule has 1 aromatic rings. The summed E-state index contributed by atoms with van der Waals surface area (Å²) < 4.78 is 37.3. The standard InChI is InChI=1S/C16H17F3N2O/c1-20-15(22)14-5-3-11-21(14)10-2-4-12-6-8-13(9-7-12)16(17,18)19/h6-9,14H,3,5,10-11H2,1H3,(H,20,22)/t14-/m0/s1. The topological polar surface area (TPSA) is 32.3 Å². The zero-order chi connectivity index (χ0) is 16.2. The van der Waals surface area contributed by atoms with Crippen LogP contribution in [-0.2, 0) is 11.0 Å². The number of hydrogen-bond acceptors (Lipinski definition) is 2. The van der Waals surface area contributed by atoms with E-state index in [1.54, 1.807) is 7.05 Å². The molecule has 1 aromatic carbocycles. The van der Waals surface area contributed by atoms with Gasteiger partial charge in [-0.2, -0.15) is 13.2 Å². The second kappa shape index (κ2) is 6.84. The Morgan fingerprint density at radius 3 is 2.64 bits per heavy atom. The summed E-state index contributed by atoms with van der Waals surface area (Å²) in [5, 5.41) is 2.63. The number of halogens is 3. The van der Waals surface area contributed by atoms with Gasteiger partial charge in [0.25, 0.3) is 0 Å². The quantitative estimate of drug-likeness (QED) is 0.850. The number of likely N-dealkylation sites (N-methyl/N-ethyl adjacent to an activating group) is 1. The fourth-order valence-electron chi connectivity index (χ4n) is 2.46. The minimum atomic E-state index is -4.33. The lowest BCUT2D eigenvalue weighted by Gasteiger charge is -2.20. The summed E-state index contributed by atoms with van der Waals surface area (Å²) in [7, 11) is 1.60. The van der Waals surface area contributed by atoms with Crippen molar-refractivity contribution in [3.63, 3.8) is 0 Å². The summed E-state index contributed by atoms with van der Waals surface area (Å²) >= 11 is 0. The van der Waals surface area contributed by atoms with Gasteiger partial charge >= 0.3 is 6.18 Å². The van der Waals surface area contributed by atoms with Crippen molar-refractivity contribution in [2.45, 2.75) is 25.1 Å². The Bertz CT molecular complexity index is 584. The molecule has 0 radical (unpaired) electrons. The molecule has 1 heterocycles. The van der Waals surface area contributed by atoms with Crippen molar-refractivity contribution in [2.75, 3.05) is 20.1 Å². The number of rotatable bonds is 2. The van der Waals surface area contributed by atoms with E-state index in [-0.39, 0.29) is 11.9 Å². The Morgan fingerprint density at radius 1 is 1.36 bits per heavy atom. The maximum atomic E-state index is 12.4. The molecule has 3 nitrogen and oxygen atoms in total. The van der Waals surface area contributed by atoms with Crippen LogP contribution in [-0.4, -0.2) is 37.0 Å². The number of hydrogen-bond donors (Lipinski definition) is 1. The molecule has 0 aliphatic carbocycles. The second-order valence-corrected chi connectivity index (χ2v) is 5.12. The van der Waals surface area contributed by atoms with Gasteiger partial charge in [-0.1, -0.05) is 11.8 Å². The van der Waals surface area contributed by atoms with Gasteiger partial charge < -0.3 is 5.32 Å². The van der Waals surface area contributed by atoms with E-state index in [1.807, 2.05) is 4.90 Å². The second-order valence-electron chi connectivity index (χ2n) is 5.12. The molecule has 1 atom stereocenters. The molecule has 1 fully saturated rings. The van der Waals surface area contributed by atoms with Crippen molar-refractivity contribution in [3.8, 4) is 11.8 Å². The third kappa shape index (κ3) is 4.01. The number of nitrogens with zero attached hydrogens (tertiary/aromatic N) is 1. The van der Waals surface area contributed by atoms with Crippen molar-refractivity contribution in [3.05, 3.63) is 35.4 Å². The van der Waals surface area contributed by atoms with Crippen molar-refractivity contribution >= 4 is 5.91 Å². The Kier molecular flexibility index (Phi) is 5.09. The van der Waals surface area contributed by atoms with E-state index >= 15 is 0 Å². The van der Waals surface area contributed by atoms with Crippen LogP contribution in [0, 0.1) is 11.8 Å². The molecule has 0 aromatic heterocycles. The molecule has 2 rings (SSSR count). The zero-order valence-corrected chi connectivity index (χ0v) is 12.2. The molecular formula is C16H17F3N2O. The highest BCUT2D eigenvalue weighted by atomic mass is 19.4. The number of alkyl halides is 3. The molecule has 1 saturated heterocycles. The molecule has 22 heavy (non-hydrogen) atoms. The van der Waals surface area contributed by atoms with Gasteiger partial charge in [-0.15, -0.1) is 0 Å². The molecule has 0 saturated carbocycles.